The number of thioether (sulfide) groups is 1. The van der Waals surface area contributed by atoms with Gasteiger partial charge in [-0.25, -0.2) is 4.39 Å². The van der Waals surface area contributed by atoms with Gasteiger partial charge >= 0.3 is 0 Å². The largest absolute Gasteiger partial charge is 0.347 e. The molecule has 2 N–H and O–H groups in total. The number of amides is 1. The van der Waals surface area contributed by atoms with Crippen molar-refractivity contribution in [3.63, 3.8) is 0 Å². The standard InChI is InChI=1S/C16H23FN4OS.HI/c1-16(2)11-21(8-9-23-16)15(18-3)19-10-14(22)20-13-6-4-12(17)5-7-13;/h4-7H,8-11H2,1-3H3,(H,18,19)(H,20,22);1H. The van der Waals surface area contributed by atoms with Gasteiger partial charge in [-0.05, 0) is 38.1 Å². The van der Waals surface area contributed by atoms with E-state index in [9.17, 15) is 9.18 Å². The van der Waals surface area contributed by atoms with E-state index in [0.29, 0.717) is 5.69 Å². The van der Waals surface area contributed by atoms with Crippen LogP contribution in [0.4, 0.5) is 10.1 Å². The normalized spacial score (nSPS) is 17.0. The third-order valence-electron chi connectivity index (χ3n) is 3.47. The first-order valence-corrected chi connectivity index (χ1v) is 8.53. The summed E-state index contributed by atoms with van der Waals surface area (Å²) in [6.45, 7) is 6.33. The van der Waals surface area contributed by atoms with Crippen molar-refractivity contribution in [3.05, 3.63) is 30.1 Å². The number of hydrogen-bond donors (Lipinski definition) is 2. The Morgan fingerprint density at radius 3 is 2.62 bits per heavy atom. The van der Waals surface area contributed by atoms with Crippen LogP contribution >= 0.6 is 35.7 Å². The van der Waals surface area contributed by atoms with Crippen molar-refractivity contribution in [3.8, 4) is 0 Å². The molecule has 1 aliphatic heterocycles. The molecule has 1 saturated heterocycles. The van der Waals surface area contributed by atoms with Gasteiger partial charge in [0.2, 0.25) is 5.91 Å². The summed E-state index contributed by atoms with van der Waals surface area (Å²) < 4.78 is 13.0. The molecular weight excluding hydrogens is 442 g/mol. The van der Waals surface area contributed by atoms with E-state index in [1.165, 1.54) is 24.3 Å². The summed E-state index contributed by atoms with van der Waals surface area (Å²) >= 11 is 1.94. The molecular formula is C16H24FIN4OS. The van der Waals surface area contributed by atoms with Crippen molar-refractivity contribution in [2.45, 2.75) is 18.6 Å². The average molecular weight is 466 g/mol. The molecule has 0 radical (unpaired) electrons. The van der Waals surface area contributed by atoms with Crippen LogP contribution in [0.3, 0.4) is 0 Å². The number of carbonyl (C=O) groups excluding carboxylic acids is 1. The van der Waals surface area contributed by atoms with Crippen LogP contribution in [0.25, 0.3) is 0 Å². The molecule has 1 amide bonds. The van der Waals surface area contributed by atoms with Crippen LogP contribution in [0.5, 0.6) is 0 Å². The van der Waals surface area contributed by atoms with Crippen molar-refractivity contribution >= 4 is 53.3 Å². The predicted molar refractivity (Wildman–Crippen MR) is 110 cm³/mol. The van der Waals surface area contributed by atoms with Crippen LogP contribution in [0, 0.1) is 5.82 Å². The van der Waals surface area contributed by atoms with Crippen LogP contribution in [0.2, 0.25) is 0 Å². The van der Waals surface area contributed by atoms with E-state index in [1.54, 1.807) is 7.05 Å². The quantitative estimate of drug-likeness (QED) is 0.409. The molecule has 0 spiro atoms. The van der Waals surface area contributed by atoms with Gasteiger partial charge in [0.05, 0.1) is 6.54 Å². The third-order valence-corrected chi connectivity index (χ3v) is 4.77. The van der Waals surface area contributed by atoms with Crippen LogP contribution in [0.1, 0.15) is 13.8 Å². The van der Waals surface area contributed by atoms with E-state index in [4.69, 9.17) is 0 Å². The first-order valence-electron chi connectivity index (χ1n) is 7.54. The van der Waals surface area contributed by atoms with Gasteiger partial charge in [0.1, 0.15) is 5.82 Å². The Labute approximate surface area is 163 Å². The van der Waals surface area contributed by atoms with E-state index in [2.05, 4.69) is 34.4 Å². The first-order chi connectivity index (χ1) is 10.9. The molecule has 1 fully saturated rings. The number of aliphatic imine (C=N–C) groups is 1. The summed E-state index contributed by atoms with van der Waals surface area (Å²) in [5, 5.41) is 5.81. The predicted octanol–water partition coefficient (Wildman–Crippen LogP) is 2.79. The Morgan fingerprint density at radius 1 is 1.38 bits per heavy atom. The van der Waals surface area contributed by atoms with Gasteiger partial charge in [-0.15, -0.1) is 24.0 Å². The minimum atomic E-state index is -0.327. The van der Waals surface area contributed by atoms with E-state index in [-0.39, 0.29) is 47.0 Å². The number of guanidine groups is 1. The Hall–Kier alpha value is -1.03. The second-order valence-corrected chi connectivity index (χ2v) is 7.79. The fourth-order valence-corrected chi connectivity index (χ4v) is 3.54. The van der Waals surface area contributed by atoms with Crippen LogP contribution in [-0.2, 0) is 4.79 Å². The maximum Gasteiger partial charge on any atom is 0.243 e. The number of carbonyl (C=O) groups is 1. The lowest BCUT2D eigenvalue weighted by Gasteiger charge is -2.39. The summed E-state index contributed by atoms with van der Waals surface area (Å²) in [6.07, 6.45) is 0. The lowest BCUT2D eigenvalue weighted by atomic mass is 10.2. The molecule has 0 unspecified atom stereocenters. The highest BCUT2D eigenvalue weighted by Gasteiger charge is 2.28. The highest BCUT2D eigenvalue weighted by molar-refractivity contribution is 14.0. The summed E-state index contributed by atoms with van der Waals surface area (Å²) in [5.41, 5.74) is 0.573. The molecule has 0 aliphatic carbocycles. The number of rotatable bonds is 3. The number of anilines is 1. The molecule has 1 heterocycles. The van der Waals surface area contributed by atoms with Crippen molar-refractivity contribution in [2.24, 2.45) is 4.99 Å². The Morgan fingerprint density at radius 2 is 2.04 bits per heavy atom. The minimum Gasteiger partial charge on any atom is -0.347 e. The number of halogens is 2. The summed E-state index contributed by atoms with van der Waals surface area (Å²) in [6, 6.07) is 5.70. The molecule has 24 heavy (non-hydrogen) atoms. The van der Waals surface area contributed by atoms with Crippen molar-refractivity contribution in [1.29, 1.82) is 0 Å². The maximum atomic E-state index is 12.8. The lowest BCUT2D eigenvalue weighted by Crippen LogP contribution is -2.52. The van der Waals surface area contributed by atoms with E-state index in [1.807, 2.05) is 11.8 Å². The van der Waals surface area contributed by atoms with Gasteiger partial charge in [-0.1, -0.05) is 0 Å². The number of hydrogen-bond acceptors (Lipinski definition) is 3. The highest BCUT2D eigenvalue weighted by atomic mass is 127. The number of nitrogens with one attached hydrogen (secondary N) is 2. The highest BCUT2D eigenvalue weighted by Crippen LogP contribution is 2.29. The topological polar surface area (TPSA) is 56.7 Å². The zero-order chi connectivity index (χ0) is 16.9. The summed E-state index contributed by atoms with van der Waals surface area (Å²) in [4.78, 5) is 18.4. The Bertz CT molecular complexity index is 580. The number of benzene rings is 1. The molecule has 0 bridgehead atoms. The van der Waals surface area contributed by atoms with Crippen molar-refractivity contribution in [1.82, 2.24) is 10.2 Å². The van der Waals surface area contributed by atoms with Crippen molar-refractivity contribution in [2.75, 3.05) is 37.8 Å². The zero-order valence-electron chi connectivity index (χ0n) is 14.1. The van der Waals surface area contributed by atoms with Crippen LogP contribution < -0.4 is 10.6 Å². The fraction of sp³-hybridized carbons (Fsp3) is 0.500. The molecule has 0 aromatic heterocycles. The Kier molecular flexibility index (Phi) is 8.28. The second-order valence-electron chi connectivity index (χ2n) is 5.99. The Balaban J connectivity index is 0.00000288. The smallest absolute Gasteiger partial charge is 0.243 e. The zero-order valence-corrected chi connectivity index (χ0v) is 17.3. The molecule has 8 heteroatoms. The third kappa shape index (κ3) is 6.46. The number of nitrogens with zero attached hydrogens (tertiary/aromatic N) is 2. The molecule has 1 aromatic rings. The second kappa shape index (κ2) is 9.45. The summed E-state index contributed by atoms with van der Waals surface area (Å²) in [7, 11) is 1.72. The molecule has 134 valence electrons. The first kappa shape index (κ1) is 21.0. The van der Waals surface area contributed by atoms with Gasteiger partial charge in [-0.3, -0.25) is 9.79 Å². The molecule has 2 rings (SSSR count). The SMILES string of the molecule is CN=C(NCC(=O)Nc1ccc(F)cc1)N1CCSC(C)(C)C1.I. The van der Waals surface area contributed by atoms with Crippen LogP contribution in [-0.4, -0.2) is 53.9 Å². The molecule has 5 nitrogen and oxygen atoms in total. The van der Waals surface area contributed by atoms with E-state index < -0.39 is 0 Å². The average Bonchev–Trinajstić information content (AvgIpc) is 2.49. The van der Waals surface area contributed by atoms with Gasteiger partial charge < -0.3 is 15.5 Å². The molecule has 1 aromatic carbocycles. The van der Waals surface area contributed by atoms with Gasteiger partial charge in [0, 0.05) is 36.3 Å². The lowest BCUT2D eigenvalue weighted by molar-refractivity contribution is -0.115. The van der Waals surface area contributed by atoms with Crippen molar-refractivity contribution < 1.29 is 9.18 Å². The minimum absolute atomic E-state index is 0. The molecule has 1 aliphatic rings. The van der Waals surface area contributed by atoms with E-state index >= 15 is 0 Å². The maximum absolute atomic E-state index is 12.8. The molecule has 0 saturated carbocycles. The van der Waals surface area contributed by atoms with Crippen LogP contribution in [0.15, 0.2) is 29.3 Å². The van der Waals surface area contributed by atoms with Gasteiger partial charge in [0.25, 0.3) is 0 Å². The van der Waals surface area contributed by atoms with Gasteiger partial charge in [-0.2, -0.15) is 11.8 Å². The monoisotopic (exact) mass is 466 g/mol. The molecule has 0 atom stereocenters. The van der Waals surface area contributed by atoms with Gasteiger partial charge in [0.15, 0.2) is 5.96 Å². The summed E-state index contributed by atoms with van der Waals surface area (Å²) in [5.74, 6) is 1.25. The van der Waals surface area contributed by atoms with E-state index in [0.717, 1.165) is 24.8 Å². The fourth-order valence-electron chi connectivity index (χ4n) is 2.43.